The maximum Gasteiger partial charge on any atom is 0.114 e. The molecule has 0 aliphatic rings. The van der Waals surface area contributed by atoms with Crippen LogP contribution in [0.4, 0.5) is 0 Å². The van der Waals surface area contributed by atoms with Crippen molar-refractivity contribution < 1.29 is 0 Å². The quantitative estimate of drug-likeness (QED) is 0.800. The molecule has 0 atom stereocenters. The predicted molar refractivity (Wildman–Crippen MR) is 60.8 cm³/mol. The Morgan fingerprint density at radius 3 is 2.71 bits per heavy atom. The third-order valence-corrected chi connectivity index (χ3v) is 3.11. The van der Waals surface area contributed by atoms with Crippen LogP contribution < -0.4 is 5.73 Å². The van der Waals surface area contributed by atoms with Gasteiger partial charge in [0.2, 0.25) is 0 Å². The normalized spacial score (nSPS) is 11.1. The number of hydrogen-bond acceptors (Lipinski definition) is 1. The van der Waals surface area contributed by atoms with E-state index in [0.29, 0.717) is 16.7 Å². The first-order valence-electron chi connectivity index (χ1n) is 4.27. The number of fused-ring (bicyclic) bond motifs is 1. The molecule has 74 valence electrons. The molecule has 1 aromatic carbocycles. The summed E-state index contributed by atoms with van der Waals surface area (Å²) < 4.78 is 1.89. The Bertz CT molecular complexity index is 488. The molecule has 2 nitrogen and oxygen atoms in total. The summed E-state index contributed by atoms with van der Waals surface area (Å²) in [5, 5.41) is 2.47. The van der Waals surface area contributed by atoms with E-state index in [1.165, 1.54) is 0 Å². The molecule has 4 heteroatoms. The van der Waals surface area contributed by atoms with E-state index in [-0.39, 0.29) is 0 Å². The van der Waals surface area contributed by atoms with Gasteiger partial charge in [0.05, 0.1) is 5.52 Å². The van der Waals surface area contributed by atoms with Crippen LogP contribution in [0.1, 0.15) is 5.56 Å². The van der Waals surface area contributed by atoms with Crippen LogP contribution in [0.15, 0.2) is 18.2 Å². The third-order valence-electron chi connectivity index (χ3n) is 2.39. The maximum absolute atomic E-state index is 6.13. The minimum Gasteiger partial charge on any atom is -0.334 e. The lowest BCUT2D eigenvalue weighted by Gasteiger charge is -1.96. The third kappa shape index (κ3) is 1.31. The van der Waals surface area contributed by atoms with Crippen LogP contribution >= 0.6 is 23.2 Å². The average molecular weight is 229 g/mol. The highest BCUT2D eigenvalue weighted by Crippen LogP contribution is 2.30. The van der Waals surface area contributed by atoms with Crippen molar-refractivity contribution in [1.29, 1.82) is 0 Å². The topological polar surface area (TPSA) is 30.9 Å². The molecule has 1 heterocycles. The minimum absolute atomic E-state index is 0.442. The summed E-state index contributed by atoms with van der Waals surface area (Å²) in [5.74, 6) is 0. The Morgan fingerprint density at radius 2 is 2.07 bits per heavy atom. The fraction of sp³-hybridized carbons (Fsp3) is 0.200. The fourth-order valence-corrected chi connectivity index (χ4v) is 2.09. The van der Waals surface area contributed by atoms with Gasteiger partial charge in [-0.25, -0.2) is 0 Å². The van der Waals surface area contributed by atoms with E-state index in [1.807, 2.05) is 29.8 Å². The maximum atomic E-state index is 6.13. The van der Waals surface area contributed by atoms with Crippen LogP contribution in [0.2, 0.25) is 10.2 Å². The van der Waals surface area contributed by atoms with Gasteiger partial charge in [0.1, 0.15) is 5.15 Å². The molecular weight excluding hydrogens is 219 g/mol. The Hall–Kier alpha value is -0.700. The lowest BCUT2D eigenvalue weighted by molar-refractivity contribution is 0.950. The van der Waals surface area contributed by atoms with Gasteiger partial charge in [-0.3, -0.25) is 0 Å². The Labute approximate surface area is 92.2 Å². The fourth-order valence-electron chi connectivity index (χ4n) is 1.65. The zero-order chi connectivity index (χ0) is 10.3. The Kier molecular flexibility index (Phi) is 2.43. The summed E-state index contributed by atoms with van der Waals surface area (Å²) in [4.78, 5) is 0. The van der Waals surface area contributed by atoms with E-state index in [2.05, 4.69) is 0 Å². The van der Waals surface area contributed by atoms with E-state index < -0.39 is 0 Å². The average Bonchev–Trinajstić information content (AvgIpc) is 2.41. The molecule has 0 spiro atoms. The highest BCUT2D eigenvalue weighted by molar-refractivity contribution is 6.33. The zero-order valence-corrected chi connectivity index (χ0v) is 9.23. The van der Waals surface area contributed by atoms with E-state index in [4.69, 9.17) is 28.9 Å². The molecule has 0 aliphatic carbocycles. The van der Waals surface area contributed by atoms with Gasteiger partial charge >= 0.3 is 0 Å². The first-order valence-corrected chi connectivity index (χ1v) is 5.03. The number of rotatable bonds is 1. The second-order valence-corrected chi connectivity index (χ2v) is 3.99. The van der Waals surface area contributed by atoms with Crippen molar-refractivity contribution in [2.75, 3.05) is 0 Å². The van der Waals surface area contributed by atoms with Crippen molar-refractivity contribution in [3.8, 4) is 0 Å². The van der Waals surface area contributed by atoms with Gasteiger partial charge in [-0.15, -0.1) is 0 Å². The van der Waals surface area contributed by atoms with Gasteiger partial charge in [-0.2, -0.15) is 0 Å². The van der Waals surface area contributed by atoms with Crippen molar-refractivity contribution in [1.82, 2.24) is 4.57 Å². The number of halogens is 2. The van der Waals surface area contributed by atoms with Crippen molar-refractivity contribution in [3.05, 3.63) is 33.9 Å². The summed E-state index contributed by atoms with van der Waals surface area (Å²) in [6, 6.07) is 5.69. The molecule has 0 radical (unpaired) electrons. The Balaban J connectivity index is 2.88. The van der Waals surface area contributed by atoms with Gasteiger partial charge in [0, 0.05) is 29.6 Å². The lowest BCUT2D eigenvalue weighted by atomic mass is 10.2. The van der Waals surface area contributed by atoms with Crippen molar-refractivity contribution >= 4 is 34.1 Å². The SMILES string of the molecule is Cn1c(Cl)c(CN)c2ccc(Cl)cc21. The summed E-state index contributed by atoms with van der Waals surface area (Å²) in [7, 11) is 1.90. The van der Waals surface area contributed by atoms with E-state index in [1.54, 1.807) is 0 Å². The van der Waals surface area contributed by atoms with Crippen LogP contribution in [0.3, 0.4) is 0 Å². The zero-order valence-electron chi connectivity index (χ0n) is 7.72. The van der Waals surface area contributed by atoms with Crippen LogP contribution in [0.5, 0.6) is 0 Å². The van der Waals surface area contributed by atoms with Gasteiger partial charge in [-0.1, -0.05) is 29.3 Å². The molecule has 0 bridgehead atoms. The molecule has 0 unspecified atom stereocenters. The smallest absolute Gasteiger partial charge is 0.114 e. The number of nitrogens with two attached hydrogens (primary N) is 1. The summed E-state index contributed by atoms with van der Waals surface area (Å²) in [6.07, 6.45) is 0. The van der Waals surface area contributed by atoms with E-state index >= 15 is 0 Å². The summed E-state index contributed by atoms with van der Waals surface area (Å²) >= 11 is 12.0. The summed E-state index contributed by atoms with van der Waals surface area (Å²) in [6.45, 7) is 0.442. The highest BCUT2D eigenvalue weighted by Gasteiger charge is 2.11. The van der Waals surface area contributed by atoms with Crippen LogP contribution in [0, 0.1) is 0 Å². The number of aryl methyl sites for hydroxylation is 1. The molecule has 14 heavy (non-hydrogen) atoms. The molecule has 2 aromatic rings. The van der Waals surface area contributed by atoms with Crippen molar-refractivity contribution in [3.63, 3.8) is 0 Å². The number of nitrogens with zero attached hydrogens (tertiary/aromatic N) is 1. The molecule has 2 N–H and O–H groups in total. The van der Waals surface area contributed by atoms with Gasteiger partial charge < -0.3 is 10.3 Å². The molecule has 0 aliphatic heterocycles. The van der Waals surface area contributed by atoms with E-state index in [0.717, 1.165) is 16.5 Å². The number of hydrogen-bond donors (Lipinski definition) is 1. The number of benzene rings is 1. The Morgan fingerprint density at radius 1 is 1.36 bits per heavy atom. The van der Waals surface area contributed by atoms with Gasteiger partial charge in [0.15, 0.2) is 0 Å². The monoisotopic (exact) mass is 228 g/mol. The van der Waals surface area contributed by atoms with Gasteiger partial charge in [0.25, 0.3) is 0 Å². The predicted octanol–water partition coefficient (Wildman–Crippen LogP) is 2.94. The van der Waals surface area contributed by atoms with Crippen LogP contribution in [-0.2, 0) is 13.6 Å². The molecule has 0 saturated heterocycles. The van der Waals surface area contributed by atoms with E-state index in [9.17, 15) is 0 Å². The minimum atomic E-state index is 0.442. The van der Waals surface area contributed by atoms with Crippen LogP contribution in [-0.4, -0.2) is 4.57 Å². The largest absolute Gasteiger partial charge is 0.334 e. The second-order valence-electron chi connectivity index (χ2n) is 3.19. The standard InChI is InChI=1S/C10H10Cl2N2/c1-14-9-4-6(11)2-3-7(9)8(5-13)10(14)12/h2-4H,5,13H2,1H3. The molecule has 2 rings (SSSR count). The number of aromatic nitrogens is 1. The van der Waals surface area contributed by atoms with Crippen molar-refractivity contribution in [2.45, 2.75) is 6.54 Å². The molecular formula is C10H10Cl2N2. The molecule has 0 amide bonds. The van der Waals surface area contributed by atoms with Crippen molar-refractivity contribution in [2.24, 2.45) is 12.8 Å². The molecule has 0 saturated carbocycles. The molecule has 1 aromatic heterocycles. The van der Waals surface area contributed by atoms with Crippen LogP contribution in [0.25, 0.3) is 10.9 Å². The lowest BCUT2D eigenvalue weighted by Crippen LogP contribution is -1.96. The first-order chi connectivity index (χ1) is 6.65. The highest BCUT2D eigenvalue weighted by atomic mass is 35.5. The second kappa shape index (κ2) is 3.46. The first kappa shape index (κ1) is 9.84. The molecule has 0 fully saturated rings. The summed E-state index contributed by atoms with van der Waals surface area (Å²) in [5.41, 5.74) is 7.63. The van der Waals surface area contributed by atoms with Gasteiger partial charge in [-0.05, 0) is 12.1 Å².